The van der Waals surface area contributed by atoms with E-state index in [-0.39, 0.29) is 12.5 Å². The number of benzene rings is 3. The Morgan fingerprint density at radius 1 is 0.857 bits per heavy atom. The summed E-state index contributed by atoms with van der Waals surface area (Å²) in [6.07, 6.45) is 17.8. The summed E-state index contributed by atoms with van der Waals surface area (Å²) < 4.78 is 5.61. The van der Waals surface area contributed by atoms with E-state index in [0.29, 0.717) is 23.9 Å². The molecule has 0 amide bonds. The normalized spacial score (nSPS) is 31.2. The molecule has 0 heterocycles. The van der Waals surface area contributed by atoms with Gasteiger partial charge in [0.25, 0.3) is 0 Å². The fraction of sp³-hybridized carbons (Fsp3) is 0.622. The summed E-state index contributed by atoms with van der Waals surface area (Å²) in [4.78, 5) is 10.5. The van der Waals surface area contributed by atoms with Crippen molar-refractivity contribution in [1.29, 1.82) is 0 Å². The molecule has 7 rings (SSSR count). The van der Waals surface area contributed by atoms with Crippen LogP contribution in [0.15, 0.2) is 66.2 Å². The second-order valence-electron chi connectivity index (χ2n) is 17.2. The van der Waals surface area contributed by atoms with Crippen LogP contribution in [0, 0.1) is 46.3 Å². The largest absolute Gasteiger partial charge is 0.494 e. The quantitative estimate of drug-likeness (QED) is 0.128. The van der Waals surface area contributed by atoms with E-state index in [2.05, 4.69) is 65.0 Å². The van der Waals surface area contributed by atoms with Gasteiger partial charge >= 0.3 is 5.97 Å². The molecule has 4 nitrogen and oxygen atoms in total. The minimum Gasteiger partial charge on any atom is -0.494 e. The van der Waals surface area contributed by atoms with Gasteiger partial charge in [0.15, 0.2) is 0 Å². The average molecular weight is 667 g/mol. The van der Waals surface area contributed by atoms with E-state index in [1.54, 1.807) is 5.57 Å². The number of carbonyl (C=O) groups is 1. The van der Waals surface area contributed by atoms with Crippen molar-refractivity contribution in [3.8, 4) is 5.75 Å². The van der Waals surface area contributed by atoms with Crippen LogP contribution in [-0.4, -0.2) is 28.9 Å². The molecular weight excluding hydrogens is 604 g/mol. The van der Waals surface area contributed by atoms with E-state index >= 15 is 0 Å². The molecule has 8 atom stereocenters. The van der Waals surface area contributed by atoms with Gasteiger partial charge in [-0.3, -0.25) is 4.79 Å². The highest BCUT2D eigenvalue weighted by Gasteiger charge is 2.59. The van der Waals surface area contributed by atoms with E-state index < -0.39 is 5.97 Å². The van der Waals surface area contributed by atoms with Crippen LogP contribution in [0.4, 0.5) is 0 Å². The molecule has 3 aromatic carbocycles. The summed E-state index contributed by atoms with van der Waals surface area (Å²) in [5.41, 5.74) is 2.60. The molecule has 0 spiro atoms. The van der Waals surface area contributed by atoms with E-state index in [9.17, 15) is 9.90 Å². The first-order chi connectivity index (χ1) is 23.5. The van der Waals surface area contributed by atoms with Crippen molar-refractivity contribution in [2.75, 3.05) is 6.61 Å². The molecular formula is C45H62O4. The van der Waals surface area contributed by atoms with Crippen molar-refractivity contribution < 1.29 is 19.7 Å². The lowest BCUT2D eigenvalue weighted by atomic mass is 9.47. The summed E-state index contributed by atoms with van der Waals surface area (Å²) in [7, 11) is 0. The summed E-state index contributed by atoms with van der Waals surface area (Å²) in [5.74, 6) is 5.45. The minimum atomic E-state index is -0.788. The van der Waals surface area contributed by atoms with Gasteiger partial charge < -0.3 is 14.9 Å². The Morgan fingerprint density at radius 2 is 1.59 bits per heavy atom. The highest BCUT2D eigenvalue weighted by atomic mass is 16.5. The first-order valence-electron chi connectivity index (χ1n) is 19.6. The SMILES string of the molecule is CC(C)CCCC(C)[C@H]1CC[C@H]2[C@@H]3CC=C4C[C@@H](O)CC[C@]4(C)[C@H]3CC[C@]12C.O=C(O)CCCOc1ccc2cc3ccccc3cc2c1. The maximum absolute atomic E-state index is 10.5. The fourth-order valence-corrected chi connectivity index (χ4v) is 11.1. The number of aliphatic carboxylic acids is 1. The zero-order chi connectivity index (χ0) is 34.8. The van der Waals surface area contributed by atoms with Gasteiger partial charge in [-0.25, -0.2) is 0 Å². The van der Waals surface area contributed by atoms with E-state index in [1.165, 1.54) is 73.9 Å². The summed E-state index contributed by atoms with van der Waals surface area (Å²) in [5, 5.41) is 23.5. The molecule has 0 radical (unpaired) electrons. The number of carboxylic acids is 1. The van der Waals surface area contributed by atoms with Gasteiger partial charge in [-0.1, -0.05) is 95.9 Å². The van der Waals surface area contributed by atoms with Crippen LogP contribution >= 0.6 is 0 Å². The smallest absolute Gasteiger partial charge is 0.303 e. The van der Waals surface area contributed by atoms with Gasteiger partial charge in [0.05, 0.1) is 12.7 Å². The van der Waals surface area contributed by atoms with E-state index in [1.807, 2.05) is 30.3 Å². The molecule has 4 heteroatoms. The summed E-state index contributed by atoms with van der Waals surface area (Å²) in [6, 6.07) is 18.5. The van der Waals surface area contributed by atoms with Crippen molar-refractivity contribution in [3.05, 3.63) is 66.2 Å². The zero-order valence-corrected chi connectivity index (χ0v) is 30.9. The number of hydrogen-bond donors (Lipinski definition) is 2. The number of rotatable bonds is 10. The zero-order valence-electron chi connectivity index (χ0n) is 30.9. The predicted octanol–water partition coefficient (Wildman–Crippen LogP) is 11.6. The highest BCUT2D eigenvalue weighted by Crippen LogP contribution is 2.67. The molecule has 4 aliphatic rings. The molecule has 0 aliphatic heterocycles. The lowest BCUT2D eigenvalue weighted by Crippen LogP contribution is -2.50. The van der Waals surface area contributed by atoms with Crippen LogP contribution in [-0.2, 0) is 4.79 Å². The Kier molecular flexibility index (Phi) is 11.1. The van der Waals surface area contributed by atoms with Crippen molar-refractivity contribution in [3.63, 3.8) is 0 Å². The average Bonchev–Trinajstić information content (AvgIpc) is 3.43. The van der Waals surface area contributed by atoms with Gasteiger partial charge in [-0.2, -0.15) is 0 Å². The second-order valence-corrected chi connectivity index (χ2v) is 17.2. The van der Waals surface area contributed by atoms with Crippen molar-refractivity contribution >= 4 is 27.5 Å². The van der Waals surface area contributed by atoms with Crippen LogP contribution in [0.5, 0.6) is 5.75 Å². The van der Waals surface area contributed by atoms with Crippen molar-refractivity contribution in [2.24, 2.45) is 46.3 Å². The third-order valence-electron chi connectivity index (χ3n) is 13.8. The lowest BCUT2D eigenvalue weighted by molar-refractivity contribution is -0.137. The van der Waals surface area contributed by atoms with Crippen LogP contribution in [0.2, 0.25) is 0 Å². The number of ether oxygens (including phenoxy) is 1. The summed E-state index contributed by atoms with van der Waals surface area (Å²) >= 11 is 0. The van der Waals surface area contributed by atoms with Crippen LogP contribution in [0.25, 0.3) is 21.5 Å². The Bertz CT molecular complexity index is 1620. The molecule has 0 aromatic heterocycles. The van der Waals surface area contributed by atoms with Crippen LogP contribution in [0.1, 0.15) is 118 Å². The number of aliphatic hydroxyl groups excluding tert-OH is 1. The van der Waals surface area contributed by atoms with Gasteiger partial charge in [0.1, 0.15) is 5.75 Å². The van der Waals surface area contributed by atoms with Crippen LogP contribution < -0.4 is 4.74 Å². The first-order valence-corrected chi connectivity index (χ1v) is 19.6. The Hall–Kier alpha value is -2.85. The molecule has 0 saturated heterocycles. The second kappa shape index (κ2) is 15.2. The topological polar surface area (TPSA) is 66.8 Å². The number of allylic oxidation sites excluding steroid dienone is 1. The van der Waals surface area contributed by atoms with Gasteiger partial charge in [-0.05, 0) is 150 Å². The van der Waals surface area contributed by atoms with E-state index in [4.69, 9.17) is 9.84 Å². The highest BCUT2D eigenvalue weighted by molar-refractivity contribution is 5.98. The number of hydrogen-bond acceptors (Lipinski definition) is 3. The lowest BCUT2D eigenvalue weighted by Gasteiger charge is -2.58. The van der Waals surface area contributed by atoms with Crippen molar-refractivity contribution in [2.45, 2.75) is 124 Å². The Labute approximate surface area is 295 Å². The van der Waals surface area contributed by atoms with Gasteiger partial charge in [0, 0.05) is 6.42 Å². The molecule has 2 N–H and O–H groups in total. The molecule has 266 valence electrons. The van der Waals surface area contributed by atoms with Gasteiger partial charge in [0.2, 0.25) is 0 Å². The molecule has 4 aliphatic carbocycles. The van der Waals surface area contributed by atoms with Gasteiger partial charge in [-0.15, -0.1) is 0 Å². The molecule has 0 bridgehead atoms. The van der Waals surface area contributed by atoms with Crippen LogP contribution in [0.3, 0.4) is 0 Å². The number of fused-ring (bicyclic) bond motifs is 7. The number of aliphatic hydroxyl groups is 1. The third kappa shape index (κ3) is 7.75. The molecule has 3 fully saturated rings. The molecule has 49 heavy (non-hydrogen) atoms. The van der Waals surface area contributed by atoms with E-state index in [0.717, 1.165) is 59.5 Å². The fourth-order valence-electron chi connectivity index (χ4n) is 11.1. The standard InChI is InChI=1S/C27H46O.C18H16O3/c1-18(2)7-6-8-19(3)23-11-12-24-22-10-9-20-17-21(28)13-15-26(20,4)25(22)14-16-27(23,24)5;19-18(20)6-3-9-21-17-8-7-15-10-13-4-1-2-5-14(13)11-16(15)12-17/h9,18-19,21-25,28H,6-8,10-17H2,1-5H3;1-2,4-5,7-8,10-12H,3,6,9H2,(H,19,20)/t19?,21-,22-,23+,24-,25-,26-,27+;/m0./s1. The predicted molar refractivity (Wildman–Crippen MR) is 203 cm³/mol. The molecule has 1 unspecified atom stereocenters. The number of carboxylic acid groups (broad SMARTS) is 1. The maximum atomic E-state index is 10.5. The Balaban J connectivity index is 0.000000177. The molecule has 3 aromatic rings. The minimum absolute atomic E-state index is 0.0766. The monoisotopic (exact) mass is 666 g/mol. The third-order valence-corrected chi connectivity index (χ3v) is 13.8. The summed E-state index contributed by atoms with van der Waals surface area (Å²) in [6.45, 7) is 13.0. The molecule has 3 saturated carbocycles. The Morgan fingerprint density at radius 3 is 2.33 bits per heavy atom. The van der Waals surface area contributed by atoms with Crippen molar-refractivity contribution in [1.82, 2.24) is 0 Å². The maximum Gasteiger partial charge on any atom is 0.303 e. The first kappa shape index (κ1) is 36.0.